The van der Waals surface area contributed by atoms with Gasteiger partial charge in [0.2, 0.25) is 11.7 Å². The van der Waals surface area contributed by atoms with Crippen molar-refractivity contribution in [1.29, 1.82) is 0 Å². The molecule has 0 unspecified atom stereocenters. The second kappa shape index (κ2) is 6.54. The van der Waals surface area contributed by atoms with E-state index >= 15 is 0 Å². The standard InChI is InChI=1S/C17H14F3N3O2/c1-2-11-3-5-12(6-4-11)16-21-14(25-22-16)10-23-9-13(17(18,19)20)7-8-15(23)24/h3-9H,2,10H2,1H3. The highest BCUT2D eigenvalue weighted by molar-refractivity contribution is 5.54. The molecular weight excluding hydrogens is 335 g/mol. The number of benzene rings is 1. The van der Waals surface area contributed by atoms with E-state index in [1.807, 2.05) is 31.2 Å². The first-order chi connectivity index (χ1) is 11.9. The minimum absolute atomic E-state index is 0.0518. The molecule has 0 N–H and O–H groups in total. The van der Waals surface area contributed by atoms with E-state index in [0.29, 0.717) is 5.82 Å². The molecule has 0 radical (unpaired) electrons. The van der Waals surface area contributed by atoms with E-state index in [1.54, 1.807) is 0 Å². The predicted octanol–water partition coefficient (Wildman–Crippen LogP) is 3.53. The van der Waals surface area contributed by atoms with Gasteiger partial charge >= 0.3 is 6.18 Å². The maximum atomic E-state index is 12.8. The monoisotopic (exact) mass is 349 g/mol. The lowest BCUT2D eigenvalue weighted by molar-refractivity contribution is -0.138. The molecule has 2 aromatic heterocycles. The molecule has 1 aromatic carbocycles. The molecular formula is C17H14F3N3O2. The van der Waals surface area contributed by atoms with E-state index in [-0.39, 0.29) is 12.4 Å². The molecule has 8 heteroatoms. The van der Waals surface area contributed by atoms with E-state index in [0.717, 1.165) is 40.4 Å². The Morgan fingerprint density at radius 2 is 1.84 bits per heavy atom. The van der Waals surface area contributed by atoms with Crippen LogP contribution in [0.15, 0.2) is 51.9 Å². The molecule has 0 saturated heterocycles. The number of nitrogens with zero attached hydrogens (tertiary/aromatic N) is 3. The van der Waals surface area contributed by atoms with Gasteiger partial charge in [0.1, 0.15) is 6.54 Å². The van der Waals surface area contributed by atoms with Crippen LogP contribution in [0.1, 0.15) is 23.9 Å². The summed E-state index contributed by atoms with van der Waals surface area (Å²) in [5.74, 6) is 0.369. The van der Waals surface area contributed by atoms with Crippen molar-refractivity contribution in [2.24, 2.45) is 0 Å². The highest BCUT2D eigenvalue weighted by Gasteiger charge is 2.31. The first kappa shape index (κ1) is 16.9. The normalized spacial score (nSPS) is 11.7. The summed E-state index contributed by atoms with van der Waals surface area (Å²) in [5.41, 5.74) is 0.383. The zero-order valence-electron chi connectivity index (χ0n) is 13.2. The van der Waals surface area contributed by atoms with Gasteiger partial charge in [-0.15, -0.1) is 0 Å². The van der Waals surface area contributed by atoms with Gasteiger partial charge in [-0.3, -0.25) is 4.79 Å². The summed E-state index contributed by atoms with van der Waals surface area (Å²) >= 11 is 0. The fourth-order valence-electron chi connectivity index (χ4n) is 2.29. The molecule has 0 saturated carbocycles. The summed E-state index contributed by atoms with van der Waals surface area (Å²) in [4.78, 5) is 15.9. The zero-order valence-corrected chi connectivity index (χ0v) is 13.2. The van der Waals surface area contributed by atoms with Crippen LogP contribution in [0.3, 0.4) is 0 Å². The van der Waals surface area contributed by atoms with Crippen molar-refractivity contribution in [3.63, 3.8) is 0 Å². The van der Waals surface area contributed by atoms with E-state index in [4.69, 9.17) is 4.52 Å². The van der Waals surface area contributed by atoms with Crippen LogP contribution in [-0.2, 0) is 19.1 Å². The van der Waals surface area contributed by atoms with Crippen molar-refractivity contribution >= 4 is 0 Å². The lowest BCUT2D eigenvalue weighted by Gasteiger charge is -2.08. The maximum absolute atomic E-state index is 12.8. The quantitative estimate of drug-likeness (QED) is 0.723. The van der Waals surface area contributed by atoms with E-state index in [9.17, 15) is 18.0 Å². The van der Waals surface area contributed by atoms with Crippen LogP contribution in [0.25, 0.3) is 11.4 Å². The lowest BCUT2D eigenvalue weighted by Crippen LogP contribution is -2.22. The second-order valence-corrected chi connectivity index (χ2v) is 5.44. The molecule has 5 nitrogen and oxygen atoms in total. The number of aromatic nitrogens is 3. The van der Waals surface area contributed by atoms with Crippen LogP contribution in [0, 0.1) is 0 Å². The number of halogens is 3. The third-order valence-electron chi connectivity index (χ3n) is 3.70. The van der Waals surface area contributed by atoms with Crippen molar-refractivity contribution in [1.82, 2.24) is 14.7 Å². The van der Waals surface area contributed by atoms with E-state index in [1.165, 1.54) is 0 Å². The number of alkyl halides is 3. The smallest absolute Gasteiger partial charge is 0.337 e. The van der Waals surface area contributed by atoms with Gasteiger partial charge in [-0.05, 0) is 18.1 Å². The number of pyridine rings is 1. The number of aryl methyl sites for hydroxylation is 1. The fraction of sp³-hybridized carbons (Fsp3) is 0.235. The Morgan fingerprint density at radius 1 is 1.12 bits per heavy atom. The Labute approximate surface area is 140 Å². The summed E-state index contributed by atoms with van der Waals surface area (Å²) in [5, 5.41) is 3.82. The van der Waals surface area contributed by atoms with Gasteiger partial charge in [0.05, 0.1) is 5.56 Å². The Hall–Kier alpha value is -2.90. The molecule has 2 heterocycles. The van der Waals surface area contributed by atoms with Crippen molar-refractivity contribution in [2.45, 2.75) is 26.1 Å². The molecule has 3 aromatic rings. The summed E-state index contributed by atoms with van der Waals surface area (Å²) < 4.78 is 44.2. The topological polar surface area (TPSA) is 60.9 Å². The zero-order chi connectivity index (χ0) is 18.0. The summed E-state index contributed by atoms with van der Waals surface area (Å²) in [6.07, 6.45) is -2.89. The van der Waals surface area contributed by atoms with Crippen molar-refractivity contribution in [2.75, 3.05) is 0 Å². The van der Waals surface area contributed by atoms with Crippen LogP contribution in [0.2, 0.25) is 0 Å². The largest absolute Gasteiger partial charge is 0.417 e. The van der Waals surface area contributed by atoms with Gasteiger partial charge < -0.3 is 9.09 Å². The van der Waals surface area contributed by atoms with Gasteiger partial charge in [0.25, 0.3) is 5.56 Å². The van der Waals surface area contributed by atoms with Crippen LogP contribution in [0.5, 0.6) is 0 Å². The van der Waals surface area contributed by atoms with Crippen molar-refractivity contribution < 1.29 is 17.7 Å². The third-order valence-corrected chi connectivity index (χ3v) is 3.70. The lowest BCUT2D eigenvalue weighted by atomic mass is 10.1. The molecule has 25 heavy (non-hydrogen) atoms. The Bertz CT molecular complexity index is 927. The highest BCUT2D eigenvalue weighted by Crippen LogP contribution is 2.28. The molecule has 130 valence electrons. The van der Waals surface area contributed by atoms with Crippen LogP contribution in [-0.4, -0.2) is 14.7 Å². The minimum atomic E-state index is -4.53. The Balaban J connectivity index is 1.85. The van der Waals surface area contributed by atoms with E-state index in [2.05, 4.69) is 10.1 Å². The molecule has 0 bridgehead atoms. The van der Waals surface area contributed by atoms with E-state index < -0.39 is 17.3 Å². The highest BCUT2D eigenvalue weighted by atomic mass is 19.4. The summed E-state index contributed by atoms with van der Waals surface area (Å²) in [6, 6.07) is 9.15. The predicted molar refractivity (Wildman–Crippen MR) is 83.9 cm³/mol. The average Bonchev–Trinajstić information content (AvgIpc) is 3.04. The van der Waals surface area contributed by atoms with Gasteiger partial charge in [0, 0.05) is 17.8 Å². The molecule has 3 rings (SSSR count). The molecule has 0 amide bonds. The van der Waals surface area contributed by atoms with Gasteiger partial charge in [-0.25, -0.2) is 0 Å². The molecule has 0 aliphatic carbocycles. The average molecular weight is 349 g/mol. The molecule has 0 aliphatic rings. The Kier molecular flexibility index (Phi) is 4.43. The van der Waals surface area contributed by atoms with Gasteiger partial charge in [-0.2, -0.15) is 18.2 Å². The minimum Gasteiger partial charge on any atom is -0.337 e. The SMILES string of the molecule is CCc1ccc(-c2noc(Cn3cc(C(F)(F)F)ccc3=O)n2)cc1. The number of rotatable bonds is 4. The first-order valence-corrected chi connectivity index (χ1v) is 7.56. The van der Waals surface area contributed by atoms with Crippen LogP contribution < -0.4 is 5.56 Å². The molecule has 0 aliphatic heterocycles. The summed E-state index contributed by atoms with van der Waals surface area (Å²) in [7, 11) is 0. The van der Waals surface area contributed by atoms with Gasteiger partial charge in [-0.1, -0.05) is 36.3 Å². The molecule has 0 fully saturated rings. The van der Waals surface area contributed by atoms with Crippen molar-refractivity contribution in [3.8, 4) is 11.4 Å². The number of hydrogen-bond acceptors (Lipinski definition) is 4. The fourth-order valence-corrected chi connectivity index (χ4v) is 2.29. The van der Waals surface area contributed by atoms with Crippen molar-refractivity contribution in [3.05, 3.63) is 70.0 Å². The number of hydrogen-bond donors (Lipinski definition) is 0. The van der Waals surface area contributed by atoms with Crippen LogP contribution in [0.4, 0.5) is 13.2 Å². The summed E-state index contributed by atoms with van der Waals surface area (Å²) in [6.45, 7) is 1.80. The maximum Gasteiger partial charge on any atom is 0.417 e. The van der Waals surface area contributed by atoms with Crippen LogP contribution >= 0.6 is 0 Å². The molecule has 0 atom stereocenters. The second-order valence-electron chi connectivity index (χ2n) is 5.44. The Morgan fingerprint density at radius 3 is 2.48 bits per heavy atom. The first-order valence-electron chi connectivity index (χ1n) is 7.56. The third kappa shape index (κ3) is 3.78. The van der Waals surface area contributed by atoms with Gasteiger partial charge in [0.15, 0.2) is 0 Å². The molecule has 0 spiro atoms.